The van der Waals surface area contributed by atoms with Crippen LogP contribution in [0.4, 0.5) is 5.69 Å². The van der Waals surface area contributed by atoms with Gasteiger partial charge in [-0.1, -0.05) is 45.0 Å². The average molecular weight is 502 g/mol. The van der Waals surface area contributed by atoms with Crippen molar-refractivity contribution in [2.75, 3.05) is 11.9 Å². The van der Waals surface area contributed by atoms with Gasteiger partial charge < -0.3 is 30.1 Å². The van der Waals surface area contributed by atoms with Crippen LogP contribution in [0.2, 0.25) is 0 Å². The summed E-state index contributed by atoms with van der Waals surface area (Å²) >= 11 is 0. The maximum absolute atomic E-state index is 13.9. The second-order valence-electron chi connectivity index (χ2n) is 12.0. The van der Waals surface area contributed by atoms with Crippen molar-refractivity contribution in [1.29, 1.82) is 0 Å². The fraction of sp³-hybridized carbons (Fsp3) is 0.643. The van der Waals surface area contributed by atoms with Gasteiger partial charge in [0.15, 0.2) is 17.5 Å². The molecule has 8 nitrogen and oxygen atoms in total. The molecule has 0 unspecified atom stereocenters. The third-order valence-electron chi connectivity index (χ3n) is 9.20. The number of carbonyl (C=O) groups excluding carboxylic acids is 2. The monoisotopic (exact) mass is 501 g/mol. The third kappa shape index (κ3) is 3.64. The standard InChI is InChI=1S/C28H39NO7/c1-7-25(4)15-19(31)28(34)26(5)18(30)13-14-24(2,3)22(26)21(33)23(27(28,6)36-25)35-20(32)16-29-17-11-9-8-10-12-17/h7-12,18,21-23,29-30,33-34H,1,13-16H2,2-6H3/t18-,21-,22-,23-,25-,26-,27+,28-/m0/s1. The Morgan fingerprint density at radius 1 is 1.19 bits per heavy atom. The third-order valence-corrected chi connectivity index (χ3v) is 9.20. The average Bonchev–Trinajstić information content (AvgIpc) is 2.81. The highest BCUT2D eigenvalue weighted by Crippen LogP contribution is 2.67. The van der Waals surface area contributed by atoms with Crippen molar-refractivity contribution in [3.63, 3.8) is 0 Å². The van der Waals surface area contributed by atoms with E-state index in [-0.39, 0.29) is 13.0 Å². The molecule has 1 aromatic carbocycles. The molecule has 2 aliphatic carbocycles. The summed E-state index contributed by atoms with van der Waals surface area (Å²) in [6, 6.07) is 9.12. The number of nitrogens with one attached hydrogen (secondary N) is 1. The number of hydrogen-bond acceptors (Lipinski definition) is 8. The summed E-state index contributed by atoms with van der Waals surface area (Å²) in [7, 11) is 0. The number of hydrogen-bond donors (Lipinski definition) is 4. The first-order chi connectivity index (χ1) is 16.7. The van der Waals surface area contributed by atoms with Crippen molar-refractivity contribution < 1.29 is 34.4 Å². The van der Waals surface area contributed by atoms with Crippen LogP contribution in [0.1, 0.15) is 53.9 Å². The minimum absolute atomic E-state index is 0.162. The molecule has 1 aromatic rings. The number of carbonyl (C=O) groups is 2. The van der Waals surface area contributed by atoms with E-state index < -0.39 is 63.6 Å². The van der Waals surface area contributed by atoms with Crippen LogP contribution in [0.5, 0.6) is 0 Å². The number of ketones is 1. The Labute approximate surface area is 212 Å². The lowest BCUT2D eigenvalue weighted by Crippen LogP contribution is -2.86. The Hall–Kier alpha value is -2.26. The smallest absolute Gasteiger partial charge is 0.325 e. The minimum atomic E-state index is -2.23. The number of aliphatic hydroxyl groups excluding tert-OH is 2. The highest BCUT2D eigenvalue weighted by Gasteiger charge is 2.81. The van der Waals surface area contributed by atoms with Gasteiger partial charge in [-0.25, -0.2) is 0 Å². The van der Waals surface area contributed by atoms with Crippen molar-refractivity contribution in [1.82, 2.24) is 0 Å². The molecular weight excluding hydrogens is 462 g/mol. The molecule has 3 fully saturated rings. The van der Waals surface area contributed by atoms with E-state index in [1.807, 2.05) is 32.0 Å². The normalized spacial score (nSPS) is 43.6. The summed E-state index contributed by atoms with van der Waals surface area (Å²) in [5, 5.41) is 38.5. The molecule has 8 atom stereocenters. The Balaban J connectivity index is 1.79. The van der Waals surface area contributed by atoms with E-state index in [0.717, 1.165) is 0 Å². The molecule has 36 heavy (non-hydrogen) atoms. The molecule has 0 amide bonds. The zero-order chi connectivity index (χ0) is 26.7. The Kier molecular flexibility index (Phi) is 6.44. The van der Waals surface area contributed by atoms with Gasteiger partial charge in [-0.2, -0.15) is 0 Å². The molecule has 4 rings (SSSR count). The molecule has 1 aliphatic heterocycles. The summed E-state index contributed by atoms with van der Waals surface area (Å²) in [4.78, 5) is 26.9. The fourth-order valence-electron chi connectivity index (χ4n) is 7.39. The van der Waals surface area contributed by atoms with Crippen molar-refractivity contribution in [2.24, 2.45) is 16.7 Å². The zero-order valence-electron chi connectivity index (χ0n) is 21.8. The Morgan fingerprint density at radius 3 is 2.44 bits per heavy atom. The predicted octanol–water partition coefficient (Wildman–Crippen LogP) is 2.61. The van der Waals surface area contributed by atoms with Crippen molar-refractivity contribution >= 4 is 17.4 Å². The maximum atomic E-state index is 13.9. The topological polar surface area (TPSA) is 125 Å². The number of fused-ring (bicyclic) bond motifs is 3. The second-order valence-corrected chi connectivity index (χ2v) is 12.0. The Morgan fingerprint density at radius 2 is 1.83 bits per heavy atom. The van der Waals surface area contributed by atoms with E-state index in [9.17, 15) is 24.9 Å². The number of ether oxygens (including phenoxy) is 2. The van der Waals surface area contributed by atoms with Gasteiger partial charge in [0.05, 0.1) is 17.8 Å². The molecule has 0 radical (unpaired) electrons. The zero-order valence-corrected chi connectivity index (χ0v) is 21.8. The van der Waals surface area contributed by atoms with Crippen LogP contribution in [-0.4, -0.2) is 68.7 Å². The molecule has 0 spiro atoms. The van der Waals surface area contributed by atoms with Crippen LogP contribution in [0, 0.1) is 16.7 Å². The van der Waals surface area contributed by atoms with E-state index in [0.29, 0.717) is 18.5 Å². The molecule has 0 aromatic heterocycles. The van der Waals surface area contributed by atoms with Gasteiger partial charge in [0.1, 0.15) is 12.1 Å². The number of rotatable bonds is 5. The van der Waals surface area contributed by atoms with Gasteiger partial charge in [0.25, 0.3) is 0 Å². The molecule has 2 saturated carbocycles. The van der Waals surface area contributed by atoms with Gasteiger partial charge in [0, 0.05) is 23.4 Å². The number of benzene rings is 1. The predicted molar refractivity (Wildman–Crippen MR) is 134 cm³/mol. The van der Waals surface area contributed by atoms with Crippen LogP contribution >= 0.6 is 0 Å². The van der Waals surface area contributed by atoms with Gasteiger partial charge >= 0.3 is 5.97 Å². The highest BCUT2D eigenvalue weighted by atomic mass is 16.6. The number of para-hydroxylation sites is 1. The largest absolute Gasteiger partial charge is 0.455 e. The first-order valence-corrected chi connectivity index (χ1v) is 12.6. The number of aliphatic hydroxyl groups is 3. The summed E-state index contributed by atoms with van der Waals surface area (Å²) in [6.07, 6.45) is -1.54. The first kappa shape index (κ1) is 26.8. The molecule has 4 N–H and O–H groups in total. The molecule has 8 heteroatoms. The van der Waals surface area contributed by atoms with Crippen molar-refractivity contribution in [3.8, 4) is 0 Å². The molecule has 3 aliphatic rings. The fourth-order valence-corrected chi connectivity index (χ4v) is 7.39. The van der Waals surface area contributed by atoms with E-state index in [2.05, 4.69) is 11.9 Å². The number of Topliss-reactive ketones (excluding diaryl/α,β-unsaturated/α-hetero) is 1. The molecular formula is C28H39NO7. The summed E-state index contributed by atoms with van der Waals surface area (Å²) in [5.74, 6) is -1.96. The van der Waals surface area contributed by atoms with Crippen LogP contribution < -0.4 is 5.32 Å². The molecule has 1 heterocycles. The number of anilines is 1. The van der Waals surface area contributed by atoms with Gasteiger partial charge in [-0.3, -0.25) is 9.59 Å². The van der Waals surface area contributed by atoms with E-state index in [4.69, 9.17) is 9.47 Å². The lowest BCUT2D eigenvalue weighted by Gasteiger charge is -2.71. The quantitative estimate of drug-likeness (QED) is 0.358. The van der Waals surface area contributed by atoms with E-state index >= 15 is 0 Å². The Bertz CT molecular complexity index is 1040. The van der Waals surface area contributed by atoms with Crippen LogP contribution in [0.25, 0.3) is 0 Å². The SMILES string of the molecule is C=C[C@@]1(C)CC(=O)[C@]2(O)[C@@]3(C)[C@@H](O)CCC(C)(C)[C@@H]3[C@H](O)[C@H](OC(=O)CNc3ccccc3)[C@@]2(C)O1. The molecule has 1 saturated heterocycles. The number of esters is 1. The van der Waals surface area contributed by atoms with Gasteiger partial charge in [0.2, 0.25) is 0 Å². The van der Waals surface area contributed by atoms with Crippen LogP contribution in [-0.2, 0) is 19.1 Å². The van der Waals surface area contributed by atoms with Gasteiger partial charge in [-0.05, 0) is 44.2 Å². The lowest BCUT2D eigenvalue weighted by molar-refractivity contribution is -0.370. The first-order valence-electron chi connectivity index (χ1n) is 12.6. The van der Waals surface area contributed by atoms with E-state index in [1.54, 1.807) is 26.0 Å². The highest BCUT2D eigenvalue weighted by molar-refractivity contribution is 5.92. The van der Waals surface area contributed by atoms with E-state index in [1.165, 1.54) is 13.0 Å². The van der Waals surface area contributed by atoms with Crippen molar-refractivity contribution in [3.05, 3.63) is 43.0 Å². The van der Waals surface area contributed by atoms with Crippen LogP contribution in [0.3, 0.4) is 0 Å². The summed E-state index contributed by atoms with van der Waals surface area (Å²) < 4.78 is 12.3. The minimum Gasteiger partial charge on any atom is -0.455 e. The second kappa shape index (κ2) is 8.65. The van der Waals surface area contributed by atoms with Crippen LogP contribution in [0.15, 0.2) is 43.0 Å². The van der Waals surface area contributed by atoms with Crippen molar-refractivity contribution in [2.45, 2.75) is 89.0 Å². The van der Waals surface area contributed by atoms with Gasteiger partial charge in [-0.15, -0.1) is 6.58 Å². The maximum Gasteiger partial charge on any atom is 0.325 e. The summed E-state index contributed by atoms with van der Waals surface area (Å²) in [5.41, 5.74) is -6.56. The molecule has 198 valence electrons. The summed E-state index contributed by atoms with van der Waals surface area (Å²) in [6.45, 7) is 12.3. The molecule has 0 bridgehead atoms. The lowest BCUT2D eigenvalue weighted by atomic mass is 9.40.